The van der Waals surface area contributed by atoms with E-state index in [1.165, 1.54) is 0 Å². The smallest absolute Gasteiger partial charge is 0.0635 e. The van der Waals surface area contributed by atoms with Crippen LogP contribution in [0.4, 0.5) is 5.69 Å². The van der Waals surface area contributed by atoms with Crippen molar-refractivity contribution in [1.29, 1.82) is 0 Å². The van der Waals surface area contributed by atoms with Crippen LogP contribution in [-0.4, -0.2) is 17.8 Å². The van der Waals surface area contributed by atoms with Crippen molar-refractivity contribution in [3.63, 3.8) is 0 Å². The molecule has 1 aromatic carbocycles. The standard InChI is InChI=1S/C12H18ClNO/c1-8(2)12(7-15)14-11-6-4-5-10(13)9(11)3/h4-6,8,12,14-15H,7H2,1-3H3. The van der Waals surface area contributed by atoms with Gasteiger partial charge in [-0.25, -0.2) is 0 Å². The zero-order valence-electron chi connectivity index (χ0n) is 9.42. The van der Waals surface area contributed by atoms with Gasteiger partial charge in [-0.1, -0.05) is 31.5 Å². The summed E-state index contributed by atoms with van der Waals surface area (Å²) < 4.78 is 0. The Balaban J connectivity index is 2.84. The van der Waals surface area contributed by atoms with Crippen molar-refractivity contribution < 1.29 is 5.11 Å². The molecule has 0 aromatic heterocycles. The number of halogens is 1. The molecule has 1 rings (SSSR count). The number of hydrogen-bond acceptors (Lipinski definition) is 2. The molecule has 3 heteroatoms. The van der Waals surface area contributed by atoms with Gasteiger partial charge in [-0.05, 0) is 30.5 Å². The fraction of sp³-hybridized carbons (Fsp3) is 0.500. The first-order chi connectivity index (χ1) is 7.06. The highest BCUT2D eigenvalue weighted by Gasteiger charge is 2.13. The highest BCUT2D eigenvalue weighted by molar-refractivity contribution is 6.31. The van der Waals surface area contributed by atoms with Gasteiger partial charge >= 0.3 is 0 Å². The summed E-state index contributed by atoms with van der Waals surface area (Å²) in [6.07, 6.45) is 0. The number of hydrogen-bond donors (Lipinski definition) is 2. The number of rotatable bonds is 4. The summed E-state index contributed by atoms with van der Waals surface area (Å²) in [5.74, 6) is 0.383. The zero-order chi connectivity index (χ0) is 11.4. The van der Waals surface area contributed by atoms with Gasteiger partial charge in [-0.3, -0.25) is 0 Å². The Morgan fingerprint density at radius 1 is 1.40 bits per heavy atom. The predicted molar refractivity (Wildman–Crippen MR) is 65.5 cm³/mol. The Kier molecular flexibility index (Phi) is 4.43. The van der Waals surface area contributed by atoms with Gasteiger partial charge in [-0.2, -0.15) is 0 Å². The van der Waals surface area contributed by atoms with Gasteiger partial charge in [0.2, 0.25) is 0 Å². The van der Waals surface area contributed by atoms with Crippen molar-refractivity contribution >= 4 is 17.3 Å². The molecule has 0 aliphatic rings. The van der Waals surface area contributed by atoms with Crippen molar-refractivity contribution in [3.05, 3.63) is 28.8 Å². The Hall–Kier alpha value is -0.730. The molecule has 1 unspecified atom stereocenters. The van der Waals surface area contributed by atoms with E-state index in [1.807, 2.05) is 25.1 Å². The third-order valence-electron chi connectivity index (χ3n) is 2.61. The highest BCUT2D eigenvalue weighted by Crippen LogP contribution is 2.24. The maximum atomic E-state index is 9.22. The van der Waals surface area contributed by atoms with Crippen molar-refractivity contribution in [3.8, 4) is 0 Å². The van der Waals surface area contributed by atoms with Crippen molar-refractivity contribution in [2.45, 2.75) is 26.8 Å². The van der Waals surface area contributed by atoms with Crippen molar-refractivity contribution in [2.24, 2.45) is 5.92 Å². The Morgan fingerprint density at radius 2 is 2.07 bits per heavy atom. The summed E-state index contributed by atoms with van der Waals surface area (Å²) in [6, 6.07) is 5.83. The third-order valence-corrected chi connectivity index (χ3v) is 3.02. The first kappa shape index (κ1) is 12.3. The molecule has 0 bridgehead atoms. The molecule has 1 atom stereocenters. The lowest BCUT2D eigenvalue weighted by molar-refractivity contribution is 0.249. The lowest BCUT2D eigenvalue weighted by Gasteiger charge is -2.22. The van der Waals surface area contributed by atoms with Crippen molar-refractivity contribution in [2.75, 3.05) is 11.9 Å². The Labute approximate surface area is 96.3 Å². The second kappa shape index (κ2) is 5.38. The van der Waals surface area contributed by atoms with E-state index >= 15 is 0 Å². The van der Waals surface area contributed by atoms with E-state index < -0.39 is 0 Å². The molecule has 15 heavy (non-hydrogen) atoms. The zero-order valence-corrected chi connectivity index (χ0v) is 10.2. The van der Waals surface area contributed by atoms with E-state index in [0.717, 1.165) is 16.3 Å². The summed E-state index contributed by atoms with van der Waals surface area (Å²) >= 11 is 6.02. The minimum atomic E-state index is 0.0715. The monoisotopic (exact) mass is 227 g/mol. The number of nitrogens with one attached hydrogen (secondary N) is 1. The first-order valence-electron chi connectivity index (χ1n) is 5.18. The average molecular weight is 228 g/mol. The van der Waals surface area contributed by atoms with Crippen LogP contribution in [0.1, 0.15) is 19.4 Å². The van der Waals surface area contributed by atoms with Gasteiger partial charge in [0, 0.05) is 10.7 Å². The van der Waals surface area contributed by atoms with Crippen LogP contribution < -0.4 is 5.32 Å². The number of anilines is 1. The minimum Gasteiger partial charge on any atom is -0.394 e. The van der Waals surface area contributed by atoms with E-state index in [4.69, 9.17) is 11.6 Å². The molecule has 0 heterocycles. The van der Waals surface area contributed by atoms with E-state index in [2.05, 4.69) is 19.2 Å². The van der Waals surface area contributed by atoms with E-state index in [1.54, 1.807) is 0 Å². The molecule has 0 spiro atoms. The molecule has 0 fully saturated rings. The molecule has 0 aliphatic heterocycles. The van der Waals surface area contributed by atoms with Crippen LogP contribution in [0.2, 0.25) is 5.02 Å². The molecule has 0 amide bonds. The van der Waals surface area contributed by atoms with Gasteiger partial charge in [-0.15, -0.1) is 0 Å². The third kappa shape index (κ3) is 3.11. The second-order valence-electron chi connectivity index (χ2n) is 4.09. The average Bonchev–Trinajstić information content (AvgIpc) is 2.19. The molecule has 0 saturated carbocycles. The fourth-order valence-electron chi connectivity index (χ4n) is 1.39. The lowest BCUT2D eigenvalue weighted by Crippen LogP contribution is -2.29. The molecule has 0 aliphatic carbocycles. The van der Waals surface area contributed by atoms with Crippen LogP contribution in [0.3, 0.4) is 0 Å². The minimum absolute atomic E-state index is 0.0715. The Morgan fingerprint density at radius 3 is 2.60 bits per heavy atom. The first-order valence-corrected chi connectivity index (χ1v) is 5.56. The van der Waals surface area contributed by atoms with Crippen LogP contribution in [0, 0.1) is 12.8 Å². The largest absolute Gasteiger partial charge is 0.394 e. The maximum Gasteiger partial charge on any atom is 0.0635 e. The van der Waals surface area contributed by atoms with Gasteiger partial charge in [0.15, 0.2) is 0 Å². The topological polar surface area (TPSA) is 32.3 Å². The SMILES string of the molecule is Cc1c(Cl)cccc1NC(CO)C(C)C. The second-order valence-corrected chi connectivity index (χ2v) is 4.50. The van der Waals surface area contributed by atoms with E-state index in [0.29, 0.717) is 5.92 Å². The van der Waals surface area contributed by atoms with E-state index in [9.17, 15) is 5.11 Å². The molecule has 0 radical (unpaired) electrons. The summed E-state index contributed by atoms with van der Waals surface area (Å²) in [4.78, 5) is 0. The lowest BCUT2D eigenvalue weighted by atomic mass is 10.0. The van der Waals surface area contributed by atoms with Gasteiger partial charge in [0.1, 0.15) is 0 Å². The molecular weight excluding hydrogens is 210 g/mol. The van der Waals surface area contributed by atoms with Crippen LogP contribution >= 0.6 is 11.6 Å². The molecule has 2 N–H and O–H groups in total. The summed E-state index contributed by atoms with van der Waals surface area (Å²) in [6.45, 7) is 6.25. The highest BCUT2D eigenvalue weighted by atomic mass is 35.5. The molecular formula is C12H18ClNO. The van der Waals surface area contributed by atoms with Gasteiger partial charge in [0.25, 0.3) is 0 Å². The maximum absolute atomic E-state index is 9.22. The number of aliphatic hydroxyl groups excluding tert-OH is 1. The van der Waals surface area contributed by atoms with E-state index in [-0.39, 0.29) is 12.6 Å². The van der Waals surface area contributed by atoms with Crippen LogP contribution in [0.5, 0.6) is 0 Å². The van der Waals surface area contributed by atoms with Gasteiger partial charge in [0.05, 0.1) is 12.6 Å². The number of aliphatic hydroxyl groups is 1. The molecule has 84 valence electrons. The van der Waals surface area contributed by atoms with Crippen LogP contribution in [0.25, 0.3) is 0 Å². The van der Waals surface area contributed by atoms with Crippen molar-refractivity contribution in [1.82, 2.24) is 0 Å². The summed E-state index contributed by atoms with van der Waals surface area (Å²) in [7, 11) is 0. The summed E-state index contributed by atoms with van der Waals surface area (Å²) in [5, 5.41) is 13.3. The van der Waals surface area contributed by atoms with Gasteiger partial charge < -0.3 is 10.4 Å². The molecule has 2 nitrogen and oxygen atoms in total. The number of benzene rings is 1. The quantitative estimate of drug-likeness (QED) is 0.829. The predicted octanol–water partition coefficient (Wildman–Crippen LogP) is 3.08. The van der Waals surface area contributed by atoms with Crippen LogP contribution in [-0.2, 0) is 0 Å². The Bertz CT molecular complexity index is 325. The molecule has 0 saturated heterocycles. The normalized spacial score (nSPS) is 12.9. The van der Waals surface area contributed by atoms with Crippen LogP contribution in [0.15, 0.2) is 18.2 Å². The molecule has 1 aromatic rings. The summed E-state index contributed by atoms with van der Waals surface area (Å²) in [5.41, 5.74) is 2.02. The fourth-order valence-corrected chi connectivity index (χ4v) is 1.56.